The lowest BCUT2D eigenvalue weighted by molar-refractivity contribution is 0.0943. The number of carbonyl (C=O) groups is 1. The molecular weight excluding hydrogens is 246 g/mol. The SMILES string of the molecule is CCc1ccc(CNC(=O)c2cc(N)cn2C)s1. The molecule has 3 N–H and O–H groups in total. The number of hydrogen-bond acceptors (Lipinski definition) is 3. The van der Waals surface area contributed by atoms with Gasteiger partial charge in [0.2, 0.25) is 0 Å². The quantitative estimate of drug-likeness (QED) is 0.888. The molecule has 0 unspecified atom stereocenters. The minimum atomic E-state index is -0.0966. The molecule has 0 aliphatic heterocycles. The summed E-state index contributed by atoms with van der Waals surface area (Å²) >= 11 is 1.73. The summed E-state index contributed by atoms with van der Waals surface area (Å²) in [5.41, 5.74) is 6.83. The number of aromatic nitrogens is 1. The first-order valence-electron chi connectivity index (χ1n) is 5.87. The second-order valence-corrected chi connectivity index (χ2v) is 5.43. The molecule has 96 valence electrons. The number of amides is 1. The molecule has 18 heavy (non-hydrogen) atoms. The fourth-order valence-corrected chi connectivity index (χ4v) is 2.68. The summed E-state index contributed by atoms with van der Waals surface area (Å²) in [6, 6.07) is 5.84. The van der Waals surface area contributed by atoms with Crippen LogP contribution in [0.1, 0.15) is 27.2 Å². The van der Waals surface area contributed by atoms with E-state index < -0.39 is 0 Å². The van der Waals surface area contributed by atoms with E-state index >= 15 is 0 Å². The number of nitrogens with one attached hydrogen (secondary N) is 1. The van der Waals surface area contributed by atoms with Crippen LogP contribution in [0.5, 0.6) is 0 Å². The highest BCUT2D eigenvalue weighted by Crippen LogP contribution is 2.17. The van der Waals surface area contributed by atoms with E-state index in [0.717, 1.165) is 6.42 Å². The molecule has 0 saturated carbocycles. The first kappa shape index (κ1) is 12.7. The van der Waals surface area contributed by atoms with Crippen molar-refractivity contribution < 1.29 is 4.79 Å². The van der Waals surface area contributed by atoms with Crippen LogP contribution in [-0.2, 0) is 20.0 Å². The highest BCUT2D eigenvalue weighted by molar-refractivity contribution is 7.11. The number of aryl methyl sites for hydroxylation is 2. The Morgan fingerprint density at radius 2 is 2.17 bits per heavy atom. The van der Waals surface area contributed by atoms with Gasteiger partial charge < -0.3 is 15.6 Å². The van der Waals surface area contributed by atoms with E-state index in [1.807, 2.05) is 7.05 Å². The van der Waals surface area contributed by atoms with Crippen LogP contribution in [0, 0.1) is 0 Å². The molecule has 0 aliphatic carbocycles. The summed E-state index contributed by atoms with van der Waals surface area (Å²) < 4.78 is 1.73. The largest absolute Gasteiger partial charge is 0.397 e. The van der Waals surface area contributed by atoms with E-state index in [9.17, 15) is 4.79 Å². The van der Waals surface area contributed by atoms with Gasteiger partial charge in [0.25, 0.3) is 5.91 Å². The van der Waals surface area contributed by atoms with Crippen molar-refractivity contribution in [1.29, 1.82) is 0 Å². The lowest BCUT2D eigenvalue weighted by Gasteiger charge is -2.04. The molecule has 2 aromatic rings. The van der Waals surface area contributed by atoms with E-state index in [1.165, 1.54) is 9.75 Å². The van der Waals surface area contributed by atoms with Gasteiger partial charge in [-0.3, -0.25) is 4.79 Å². The summed E-state index contributed by atoms with van der Waals surface area (Å²) in [5, 5.41) is 2.90. The summed E-state index contributed by atoms with van der Waals surface area (Å²) in [7, 11) is 1.81. The van der Waals surface area contributed by atoms with Crippen molar-refractivity contribution in [3.05, 3.63) is 39.8 Å². The standard InChI is InChI=1S/C13H17N3OS/c1-3-10-4-5-11(18-10)7-15-13(17)12-6-9(14)8-16(12)2/h4-6,8H,3,7,14H2,1-2H3,(H,15,17). The first-order chi connectivity index (χ1) is 8.60. The van der Waals surface area contributed by atoms with Crippen molar-refractivity contribution in [1.82, 2.24) is 9.88 Å². The van der Waals surface area contributed by atoms with Crippen molar-refractivity contribution in [3.63, 3.8) is 0 Å². The molecular formula is C13H17N3OS. The number of hydrogen-bond donors (Lipinski definition) is 2. The Morgan fingerprint density at radius 1 is 1.44 bits per heavy atom. The molecule has 0 spiro atoms. The summed E-state index contributed by atoms with van der Waals surface area (Å²) in [6.45, 7) is 2.69. The van der Waals surface area contributed by atoms with E-state index in [0.29, 0.717) is 17.9 Å². The molecule has 2 aromatic heterocycles. The fourth-order valence-electron chi connectivity index (χ4n) is 1.78. The van der Waals surface area contributed by atoms with Crippen molar-refractivity contribution in [2.24, 2.45) is 7.05 Å². The molecule has 0 fully saturated rings. The van der Waals surface area contributed by atoms with Crippen LogP contribution in [0.15, 0.2) is 24.4 Å². The van der Waals surface area contributed by atoms with Crippen LogP contribution in [0.3, 0.4) is 0 Å². The molecule has 2 heterocycles. The predicted molar refractivity (Wildman–Crippen MR) is 74.7 cm³/mol. The number of nitrogen functional groups attached to an aromatic ring is 1. The number of nitrogens with two attached hydrogens (primary N) is 1. The Bertz CT molecular complexity index is 556. The van der Waals surface area contributed by atoms with Gasteiger partial charge in [-0.05, 0) is 24.6 Å². The second kappa shape index (κ2) is 5.27. The van der Waals surface area contributed by atoms with Crippen LogP contribution in [0.25, 0.3) is 0 Å². The Morgan fingerprint density at radius 3 is 2.72 bits per heavy atom. The lowest BCUT2D eigenvalue weighted by Crippen LogP contribution is -2.24. The van der Waals surface area contributed by atoms with Gasteiger partial charge in [0, 0.05) is 23.0 Å². The molecule has 0 atom stereocenters. The minimum absolute atomic E-state index is 0.0966. The van der Waals surface area contributed by atoms with Gasteiger partial charge in [-0.2, -0.15) is 0 Å². The fraction of sp³-hybridized carbons (Fsp3) is 0.308. The number of nitrogens with zero attached hydrogens (tertiary/aromatic N) is 1. The van der Waals surface area contributed by atoms with E-state index in [1.54, 1.807) is 28.2 Å². The Kier molecular flexibility index (Phi) is 3.72. The Balaban J connectivity index is 1.98. The number of anilines is 1. The first-order valence-corrected chi connectivity index (χ1v) is 6.69. The zero-order valence-corrected chi connectivity index (χ0v) is 11.4. The molecule has 0 aliphatic rings. The molecule has 0 radical (unpaired) electrons. The molecule has 4 nitrogen and oxygen atoms in total. The summed E-state index contributed by atoms with van der Waals surface area (Å²) in [6.07, 6.45) is 2.77. The molecule has 5 heteroatoms. The maximum absolute atomic E-state index is 11.9. The van der Waals surface area contributed by atoms with Gasteiger partial charge in [0.05, 0.1) is 12.2 Å². The predicted octanol–water partition coefficient (Wildman–Crippen LogP) is 2.16. The van der Waals surface area contributed by atoms with E-state index in [2.05, 4.69) is 24.4 Å². The highest BCUT2D eigenvalue weighted by Gasteiger charge is 2.10. The summed E-state index contributed by atoms with van der Waals surface area (Å²) in [5.74, 6) is -0.0966. The number of thiophene rings is 1. The molecule has 0 saturated heterocycles. The van der Waals surface area contributed by atoms with Crippen LogP contribution in [-0.4, -0.2) is 10.5 Å². The molecule has 2 rings (SSSR count). The van der Waals surface area contributed by atoms with Gasteiger partial charge in [0.15, 0.2) is 0 Å². The zero-order chi connectivity index (χ0) is 13.1. The van der Waals surface area contributed by atoms with Gasteiger partial charge in [-0.25, -0.2) is 0 Å². The average Bonchev–Trinajstić information content (AvgIpc) is 2.92. The average molecular weight is 263 g/mol. The monoisotopic (exact) mass is 263 g/mol. The van der Waals surface area contributed by atoms with Crippen molar-refractivity contribution in [2.75, 3.05) is 5.73 Å². The van der Waals surface area contributed by atoms with Gasteiger partial charge in [0.1, 0.15) is 5.69 Å². The minimum Gasteiger partial charge on any atom is -0.397 e. The van der Waals surface area contributed by atoms with E-state index in [-0.39, 0.29) is 5.91 Å². The van der Waals surface area contributed by atoms with Crippen molar-refractivity contribution in [3.8, 4) is 0 Å². The topological polar surface area (TPSA) is 60.1 Å². The normalized spacial score (nSPS) is 10.6. The molecule has 0 aromatic carbocycles. The number of rotatable bonds is 4. The third-order valence-corrected chi connectivity index (χ3v) is 3.98. The molecule has 0 bridgehead atoms. The number of carbonyl (C=O) groups excluding carboxylic acids is 1. The van der Waals surface area contributed by atoms with E-state index in [4.69, 9.17) is 5.73 Å². The Labute approximate surface area is 110 Å². The lowest BCUT2D eigenvalue weighted by atomic mass is 10.3. The zero-order valence-electron chi connectivity index (χ0n) is 10.6. The van der Waals surface area contributed by atoms with Gasteiger partial charge in [-0.1, -0.05) is 6.92 Å². The van der Waals surface area contributed by atoms with Gasteiger partial charge >= 0.3 is 0 Å². The summed E-state index contributed by atoms with van der Waals surface area (Å²) in [4.78, 5) is 14.5. The van der Waals surface area contributed by atoms with Gasteiger partial charge in [-0.15, -0.1) is 11.3 Å². The highest BCUT2D eigenvalue weighted by atomic mass is 32.1. The maximum atomic E-state index is 11.9. The van der Waals surface area contributed by atoms with Crippen LogP contribution in [0.4, 0.5) is 5.69 Å². The maximum Gasteiger partial charge on any atom is 0.268 e. The van der Waals surface area contributed by atoms with Crippen LogP contribution >= 0.6 is 11.3 Å². The van der Waals surface area contributed by atoms with Crippen LogP contribution < -0.4 is 11.1 Å². The van der Waals surface area contributed by atoms with Crippen molar-refractivity contribution in [2.45, 2.75) is 19.9 Å². The van der Waals surface area contributed by atoms with Crippen LogP contribution in [0.2, 0.25) is 0 Å². The smallest absolute Gasteiger partial charge is 0.268 e. The third kappa shape index (κ3) is 2.73. The second-order valence-electron chi connectivity index (χ2n) is 4.17. The van der Waals surface area contributed by atoms with Crippen molar-refractivity contribution >= 4 is 22.9 Å². The third-order valence-electron chi connectivity index (χ3n) is 2.75. The Hall–Kier alpha value is -1.75. The molecule has 1 amide bonds.